The van der Waals surface area contributed by atoms with Crippen LogP contribution < -0.4 is 0 Å². The van der Waals surface area contributed by atoms with Crippen molar-refractivity contribution in [2.75, 3.05) is 13.2 Å². The molecule has 1 fully saturated rings. The van der Waals surface area contributed by atoms with Gasteiger partial charge in [0.15, 0.2) is 5.65 Å². The van der Waals surface area contributed by atoms with E-state index in [9.17, 15) is 0 Å². The van der Waals surface area contributed by atoms with Gasteiger partial charge in [-0.2, -0.15) is 0 Å². The maximum atomic E-state index is 5.93. The lowest BCUT2D eigenvalue weighted by atomic mass is 10.2. The van der Waals surface area contributed by atoms with E-state index in [1.165, 1.54) is 0 Å². The van der Waals surface area contributed by atoms with Gasteiger partial charge < -0.3 is 9.30 Å². The number of rotatable bonds is 2. The zero-order chi connectivity index (χ0) is 11.0. The molecule has 1 unspecified atom stereocenters. The van der Waals surface area contributed by atoms with E-state index >= 15 is 0 Å². The second kappa shape index (κ2) is 4.03. The van der Waals surface area contributed by atoms with Crippen LogP contribution in [0.25, 0.3) is 11.2 Å². The summed E-state index contributed by atoms with van der Waals surface area (Å²) in [5.74, 6) is 1.29. The van der Waals surface area contributed by atoms with Gasteiger partial charge in [0.05, 0.1) is 18.5 Å². The monoisotopic (exact) mass is 237 g/mol. The minimum atomic E-state index is 0.327. The van der Waals surface area contributed by atoms with Crippen molar-refractivity contribution >= 4 is 22.8 Å². The van der Waals surface area contributed by atoms with Crippen molar-refractivity contribution in [1.29, 1.82) is 0 Å². The van der Waals surface area contributed by atoms with Gasteiger partial charge in [0, 0.05) is 12.8 Å². The van der Waals surface area contributed by atoms with Crippen LogP contribution >= 0.6 is 11.6 Å². The van der Waals surface area contributed by atoms with Crippen LogP contribution in [0.1, 0.15) is 18.3 Å². The molecule has 16 heavy (non-hydrogen) atoms. The van der Waals surface area contributed by atoms with E-state index in [0.717, 1.165) is 36.6 Å². The summed E-state index contributed by atoms with van der Waals surface area (Å²) in [6, 6.07) is 4.18. The van der Waals surface area contributed by atoms with E-state index in [2.05, 4.69) is 14.5 Å². The van der Waals surface area contributed by atoms with Crippen LogP contribution in [0.4, 0.5) is 0 Å². The van der Waals surface area contributed by atoms with Gasteiger partial charge in [0.2, 0.25) is 0 Å². The molecule has 3 rings (SSSR count). The standard InChI is InChI=1S/C11H12ClN3O/c12-6-10-14-9-2-1-4-13-11(9)15(10)8-3-5-16-7-8/h1-2,4,8H,3,5-7H2. The number of halogens is 1. The highest BCUT2D eigenvalue weighted by Crippen LogP contribution is 2.26. The fourth-order valence-electron chi connectivity index (χ4n) is 2.18. The Morgan fingerprint density at radius 1 is 1.56 bits per heavy atom. The molecular formula is C11H12ClN3O. The third-order valence-corrected chi connectivity index (χ3v) is 3.15. The summed E-state index contributed by atoms with van der Waals surface area (Å²) >= 11 is 5.93. The highest BCUT2D eigenvalue weighted by atomic mass is 35.5. The molecule has 3 heterocycles. The molecule has 0 N–H and O–H groups in total. The number of aromatic nitrogens is 3. The van der Waals surface area contributed by atoms with Gasteiger partial charge >= 0.3 is 0 Å². The van der Waals surface area contributed by atoms with Gasteiger partial charge in [0.1, 0.15) is 11.3 Å². The predicted molar refractivity (Wildman–Crippen MR) is 61.6 cm³/mol. The summed E-state index contributed by atoms with van der Waals surface area (Å²) in [5.41, 5.74) is 1.82. The van der Waals surface area contributed by atoms with Crippen LogP contribution in [-0.4, -0.2) is 27.7 Å². The van der Waals surface area contributed by atoms with E-state index in [1.54, 1.807) is 6.20 Å². The smallest absolute Gasteiger partial charge is 0.160 e. The predicted octanol–water partition coefficient (Wildman–Crippen LogP) is 2.13. The first-order valence-corrected chi connectivity index (χ1v) is 5.89. The van der Waals surface area contributed by atoms with Gasteiger partial charge in [-0.05, 0) is 18.6 Å². The maximum absolute atomic E-state index is 5.93. The Labute approximate surface area is 98.2 Å². The quantitative estimate of drug-likeness (QED) is 0.752. The maximum Gasteiger partial charge on any atom is 0.160 e. The van der Waals surface area contributed by atoms with Crippen LogP contribution in [0.5, 0.6) is 0 Å². The van der Waals surface area contributed by atoms with E-state index in [-0.39, 0.29) is 0 Å². The van der Waals surface area contributed by atoms with Gasteiger partial charge in [-0.1, -0.05) is 0 Å². The molecule has 2 aromatic heterocycles. The number of pyridine rings is 1. The molecule has 0 radical (unpaired) electrons. The molecule has 0 bridgehead atoms. The van der Waals surface area contributed by atoms with Crippen molar-refractivity contribution in [1.82, 2.24) is 14.5 Å². The molecular weight excluding hydrogens is 226 g/mol. The Morgan fingerprint density at radius 3 is 3.25 bits per heavy atom. The first-order valence-electron chi connectivity index (χ1n) is 5.35. The fraction of sp³-hybridized carbons (Fsp3) is 0.455. The van der Waals surface area contributed by atoms with Gasteiger partial charge in [0.25, 0.3) is 0 Å². The third-order valence-electron chi connectivity index (χ3n) is 2.91. The molecule has 0 aromatic carbocycles. The van der Waals surface area contributed by atoms with Crippen LogP contribution in [0.3, 0.4) is 0 Å². The molecule has 0 saturated carbocycles. The lowest BCUT2D eigenvalue weighted by Gasteiger charge is -2.12. The van der Waals surface area contributed by atoms with E-state index < -0.39 is 0 Å². The Hall–Kier alpha value is -1.13. The van der Waals surface area contributed by atoms with Crippen molar-refractivity contribution in [2.45, 2.75) is 18.3 Å². The number of hydrogen-bond donors (Lipinski definition) is 0. The Morgan fingerprint density at radius 2 is 2.50 bits per heavy atom. The van der Waals surface area contributed by atoms with Crippen molar-refractivity contribution in [3.05, 3.63) is 24.2 Å². The van der Waals surface area contributed by atoms with E-state index in [1.807, 2.05) is 12.1 Å². The highest BCUT2D eigenvalue weighted by Gasteiger charge is 2.23. The Kier molecular flexibility index (Phi) is 2.53. The number of alkyl halides is 1. The lowest BCUT2D eigenvalue weighted by molar-refractivity contribution is 0.186. The second-order valence-corrected chi connectivity index (χ2v) is 4.16. The Bertz CT molecular complexity index is 505. The minimum Gasteiger partial charge on any atom is -0.379 e. The van der Waals surface area contributed by atoms with Gasteiger partial charge in [-0.15, -0.1) is 11.6 Å². The summed E-state index contributed by atoms with van der Waals surface area (Å²) < 4.78 is 7.53. The number of hydrogen-bond acceptors (Lipinski definition) is 3. The Balaban J connectivity index is 2.18. The lowest BCUT2D eigenvalue weighted by Crippen LogP contribution is -2.12. The molecule has 0 spiro atoms. The number of ether oxygens (including phenoxy) is 1. The largest absolute Gasteiger partial charge is 0.379 e. The molecule has 1 atom stereocenters. The summed E-state index contributed by atoms with van der Waals surface area (Å²) in [5, 5.41) is 0. The summed E-state index contributed by atoms with van der Waals surface area (Å²) in [7, 11) is 0. The van der Waals surface area contributed by atoms with E-state index in [4.69, 9.17) is 16.3 Å². The summed E-state index contributed by atoms with van der Waals surface area (Å²) in [6.07, 6.45) is 2.79. The van der Waals surface area contributed by atoms with Crippen molar-refractivity contribution < 1.29 is 4.74 Å². The summed E-state index contributed by atoms with van der Waals surface area (Å²) in [6.45, 7) is 1.53. The third kappa shape index (κ3) is 1.49. The van der Waals surface area contributed by atoms with Crippen LogP contribution in [0, 0.1) is 0 Å². The van der Waals surface area contributed by atoms with E-state index in [0.29, 0.717) is 11.9 Å². The first kappa shape index (κ1) is 10.1. The molecule has 1 saturated heterocycles. The average Bonchev–Trinajstić information content (AvgIpc) is 2.94. The number of fused-ring (bicyclic) bond motifs is 1. The number of nitrogens with zero attached hydrogens (tertiary/aromatic N) is 3. The normalized spacial score (nSPS) is 20.7. The second-order valence-electron chi connectivity index (χ2n) is 3.90. The molecule has 5 heteroatoms. The molecule has 0 amide bonds. The molecule has 1 aliphatic rings. The molecule has 4 nitrogen and oxygen atoms in total. The average molecular weight is 238 g/mol. The van der Waals surface area contributed by atoms with Crippen LogP contribution in [-0.2, 0) is 10.6 Å². The molecule has 2 aromatic rings. The zero-order valence-electron chi connectivity index (χ0n) is 8.77. The number of imidazole rings is 1. The van der Waals surface area contributed by atoms with Gasteiger partial charge in [-0.3, -0.25) is 0 Å². The van der Waals surface area contributed by atoms with Crippen molar-refractivity contribution in [3.63, 3.8) is 0 Å². The fourth-order valence-corrected chi connectivity index (χ4v) is 2.37. The van der Waals surface area contributed by atoms with Crippen LogP contribution in [0.15, 0.2) is 18.3 Å². The van der Waals surface area contributed by atoms with Crippen LogP contribution in [0.2, 0.25) is 0 Å². The molecule has 84 valence electrons. The highest BCUT2D eigenvalue weighted by molar-refractivity contribution is 6.16. The van der Waals surface area contributed by atoms with Crippen molar-refractivity contribution in [2.24, 2.45) is 0 Å². The zero-order valence-corrected chi connectivity index (χ0v) is 9.52. The summed E-state index contributed by atoms with van der Waals surface area (Å²) in [4.78, 5) is 8.87. The molecule has 0 aliphatic carbocycles. The molecule has 1 aliphatic heterocycles. The van der Waals surface area contributed by atoms with Crippen molar-refractivity contribution in [3.8, 4) is 0 Å². The van der Waals surface area contributed by atoms with Gasteiger partial charge in [-0.25, -0.2) is 9.97 Å². The SMILES string of the molecule is ClCc1nc2cccnc2n1C1CCOC1. The minimum absolute atomic E-state index is 0.327. The first-order chi connectivity index (χ1) is 7.90. The topological polar surface area (TPSA) is 39.9 Å².